The second-order valence-corrected chi connectivity index (χ2v) is 5.83. The van der Waals surface area contributed by atoms with Crippen LogP contribution in [0.1, 0.15) is 20.7 Å². The van der Waals surface area contributed by atoms with Crippen LogP contribution < -0.4 is 4.90 Å². The van der Waals surface area contributed by atoms with Crippen LogP contribution in [0.15, 0.2) is 65.4 Å². The number of anilines is 1. The number of rotatable bonds is 2. The summed E-state index contributed by atoms with van der Waals surface area (Å²) in [7, 11) is 0. The Hall–Kier alpha value is -2.72. The molecule has 3 aromatic rings. The minimum absolute atomic E-state index is 0.260. The second-order valence-electron chi connectivity index (χ2n) is 5.05. The molecule has 3 nitrogen and oxygen atoms in total. The summed E-state index contributed by atoms with van der Waals surface area (Å²) in [5, 5.41) is 4.09. The van der Waals surface area contributed by atoms with Crippen molar-refractivity contribution in [2.24, 2.45) is 0 Å². The molecule has 1 aliphatic rings. The maximum absolute atomic E-state index is 12.4. The summed E-state index contributed by atoms with van der Waals surface area (Å²) in [4.78, 5) is 26.1. The lowest BCUT2D eigenvalue weighted by molar-refractivity contribution is 0.0926. The topological polar surface area (TPSA) is 37.4 Å². The van der Waals surface area contributed by atoms with Crippen LogP contribution in [0.25, 0.3) is 11.1 Å². The van der Waals surface area contributed by atoms with Gasteiger partial charge < -0.3 is 0 Å². The third-order valence-electron chi connectivity index (χ3n) is 3.77. The monoisotopic (exact) mass is 305 g/mol. The summed E-state index contributed by atoms with van der Waals surface area (Å²) in [6, 6.07) is 16.5. The zero-order valence-corrected chi connectivity index (χ0v) is 12.3. The molecule has 0 radical (unpaired) electrons. The van der Waals surface area contributed by atoms with Gasteiger partial charge in [-0.2, -0.15) is 11.3 Å². The highest BCUT2D eigenvalue weighted by Crippen LogP contribution is 2.30. The van der Waals surface area contributed by atoms with Crippen molar-refractivity contribution in [1.29, 1.82) is 0 Å². The summed E-state index contributed by atoms with van der Waals surface area (Å²) >= 11 is 1.64. The molecule has 4 heteroatoms. The van der Waals surface area contributed by atoms with E-state index < -0.39 is 0 Å². The van der Waals surface area contributed by atoms with E-state index in [1.54, 1.807) is 35.6 Å². The van der Waals surface area contributed by atoms with E-state index in [1.165, 1.54) is 4.90 Å². The number of hydrogen-bond donors (Lipinski definition) is 0. The van der Waals surface area contributed by atoms with Crippen LogP contribution in [-0.4, -0.2) is 11.8 Å². The Bertz CT molecular complexity index is 831. The highest BCUT2D eigenvalue weighted by molar-refractivity contribution is 7.08. The number of nitrogens with zero attached hydrogens (tertiary/aromatic N) is 1. The third kappa shape index (κ3) is 1.89. The molecule has 2 heterocycles. The van der Waals surface area contributed by atoms with Gasteiger partial charge in [0.2, 0.25) is 0 Å². The number of thiophene rings is 1. The molecule has 0 spiro atoms. The van der Waals surface area contributed by atoms with Crippen LogP contribution in [0.5, 0.6) is 0 Å². The molecule has 22 heavy (non-hydrogen) atoms. The van der Waals surface area contributed by atoms with E-state index in [0.717, 1.165) is 11.1 Å². The summed E-state index contributed by atoms with van der Waals surface area (Å²) < 4.78 is 0. The second kappa shape index (κ2) is 4.93. The lowest BCUT2D eigenvalue weighted by Gasteiger charge is -2.14. The van der Waals surface area contributed by atoms with Crippen molar-refractivity contribution in [1.82, 2.24) is 0 Å². The Labute approximate surface area is 131 Å². The Kier molecular flexibility index (Phi) is 2.91. The number of carbonyl (C=O) groups is 2. The molecule has 0 N–H and O–H groups in total. The molecule has 0 fully saturated rings. The van der Waals surface area contributed by atoms with Crippen molar-refractivity contribution in [3.8, 4) is 11.1 Å². The Morgan fingerprint density at radius 2 is 1.36 bits per heavy atom. The van der Waals surface area contributed by atoms with E-state index in [4.69, 9.17) is 0 Å². The first-order chi connectivity index (χ1) is 10.8. The van der Waals surface area contributed by atoms with Gasteiger partial charge in [-0.05, 0) is 52.2 Å². The van der Waals surface area contributed by atoms with E-state index in [1.807, 2.05) is 35.7 Å². The van der Waals surface area contributed by atoms with Gasteiger partial charge in [0.1, 0.15) is 0 Å². The van der Waals surface area contributed by atoms with Gasteiger partial charge >= 0.3 is 0 Å². The predicted octanol–water partition coefficient (Wildman–Crippen LogP) is 4.22. The molecular formula is C18H11NO2S. The van der Waals surface area contributed by atoms with E-state index in [9.17, 15) is 9.59 Å². The third-order valence-corrected chi connectivity index (χ3v) is 4.46. The van der Waals surface area contributed by atoms with E-state index >= 15 is 0 Å². The molecular weight excluding hydrogens is 294 g/mol. The fourth-order valence-electron chi connectivity index (χ4n) is 2.66. The fourth-order valence-corrected chi connectivity index (χ4v) is 3.32. The standard InChI is InChI=1S/C18H11NO2S/c20-17-15-3-1-2-4-16(15)18(21)19(17)14-7-5-12(6-8-14)13-9-10-22-11-13/h1-11H. The highest BCUT2D eigenvalue weighted by Gasteiger charge is 2.36. The molecule has 4 rings (SSSR count). The molecule has 0 bridgehead atoms. The molecule has 2 aromatic carbocycles. The van der Waals surface area contributed by atoms with Gasteiger partial charge in [-0.15, -0.1) is 0 Å². The van der Waals surface area contributed by atoms with Crippen LogP contribution in [0, 0.1) is 0 Å². The molecule has 0 unspecified atom stereocenters. The van der Waals surface area contributed by atoms with Gasteiger partial charge in [0, 0.05) is 0 Å². The Morgan fingerprint density at radius 1 is 0.727 bits per heavy atom. The number of fused-ring (bicyclic) bond motifs is 1. The minimum Gasteiger partial charge on any atom is -0.268 e. The first-order valence-electron chi connectivity index (χ1n) is 6.86. The fraction of sp³-hybridized carbons (Fsp3) is 0. The maximum atomic E-state index is 12.4. The van der Waals surface area contributed by atoms with Crippen LogP contribution in [-0.2, 0) is 0 Å². The van der Waals surface area contributed by atoms with Gasteiger partial charge in [-0.25, -0.2) is 4.90 Å². The first kappa shape index (κ1) is 13.0. The highest BCUT2D eigenvalue weighted by atomic mass is 32.1. The molecule has 106 valence electrons. The molecule has 0 aliphatic carbocycles. The Morgan fingerprint density at radius 3 is 1.91 bits per heavy atom. The largest absolute Gasteiger partial charge is 0.268 e. The average molecular weight is 305 g/mol. The number of hydrogen-bond acceptors (Lipinski definition) is 3. The van der Waals surface area contributed by atoms with Gasteiger partial charge in [-0.3, -0.25) is 9.59 Å². The van der Waals surface area contributed by atoms with Crippen molar-refractivity contribution in [2.45, 2.75) is 0 Å². The zero-order chi connectivity index (χ0) is 15.1. The number of carbonyl (C=O) groups excluding carboxylic acids is 2. The van der Waals surface area contributed by atoms with Gasteiger partial charge in [0.15, 0.2) is 0 Å². The lowest BCUT2D eigenvalue weighted by Crippen LogP contribution is -2.29. The number of amides is 2. The molecule has 2 amide bonds. The normalized spacial score (nSPS) is 13.5. The van der Waals surface area contributed by atoms with Gasteiger partial charge in [0.25, 0.3) is 11.8 Å². The minimum atomic E-state index is -0.260. The summed E-state index contributed by atoms with van der Waals surface area (Å²) in [5.74, 6) is -0.521. The van der Waals surface area contributed by atoms with Crippen molar-refractivity contribution in [3.05, 3.63) is 76.5 Å². The van der Waals surface area contributed by atoms with Crippen molar-refractivity contribution in [2.75, 3.05) is 4.90 Å². The molecule has 0 atom stereocenters. The summed E-state index contributed by atoms with van der Waals surface area (Å²) in [5.41, 5.74) is 3.74. The molecule has 0 saturated heterocycles. The average Bonchev–Trinajstić information content (AvgIpc) is 3.17. The molecule has 1 aliphatic heterocycles. The molecule has 0 saturated carbocycles. The first-order valence-corrected chi connectivity index (χ1v) is 7.80. The lowest BCUT2D eigenvalue weighted by atomic mass is 10.1. The van der Waals surface area contributed by atoms with Crippen LogP contribution in [0.3, 0.4) is 0 Å². The van der Waals surface area contributed by atoms with Crippen LogP contribution >= 0.6 is 11.3 Å². The number of benzene rings is 2. The smallest absolute Gasteiger partial charge is 0.266 e. The van der Waals surface area contributed by atoms with Crippen molar-refractivity contribution in [3.63, 3.8) is 0 Å². The number of imide groups is 1. The summed E-state index contributed by atoms with van der Waals surface area (Å²) in [6.07, 6.45) is 0. The molecule has 1 aromatic heterocycles. The van der Waals surface area contributed by atoms with E-state index in [0.29, 0.717) is 16.8 Å². The quantitative estimate of drug-likeness (QED) is 0.665. The predicted molar refractivity (Wildman–Crippen MR) is 87.3 cm³/mol. The Balaban J connectivity index is 1.72. The SMILES string of the molecule is O=C1c2ccccc2C(=O)N1c1ccc(-c2ccsc2)cc1. The summed E-state index contributed by atoms with van der Waals surface area (Å²) in [6.45, 7) is 0. The van der Waals surface area contributed by atoms with Crippen molar-refractivity contribution >= 4 is 28.8 Å². The van der Waals surface area contributed by atoms with Crippen molar-refractivity contribution < 1.29 is 9.59 Å². The van der Waals surface area contributed by atoms with E-state index in [-0.39, 0.29) is 11.8 Å². The van der Waals surface area contributed by atoms with Crippen LogP contribution in [0.4, 0.5) is 5.69 Å². The van der Waals surface area contributed by atoms with E-state index in [2.05, 4.69) is 5.38 Å². The van der Waals surface area contributed by atoms with Gasteiger partial charge in [-0.1, -0.05) is 24.3 Å². The van der Waals surface area contributed by atoms with Crippen LogP contribution in [0.2, 0.25) is 0 Å². The zero-order valence-electron chi connectivity index (χ0n) is 11.5. The maximum Gasteiger partial charge on any atom is 0.266 e. The van der Waals surface area contributed by atoms with Gasteiger partial charge in [0.05, 0.1) is 16.8 Å².